The highest BCUT2D eigenvalue weighted by molar-refractivity contribution is 8.00. The monoisotopic (exact) mass is 157 g/mol. The number of hydrogen-bond donors (Lipinski definition) is 0. The average Bonchev–Trinajstić information content (AvgIpc) is 2.15. The van der Waals surface area contributed by atoms with E-state index in [9.17, 15) is 4.79 Å². The molecule has 1 aliphatic rings. The highest BCUT2D eigenvalue weighted by atomic mass is 32.2. The van der Waals surface area contributed by atoms with E-state index in [4.69, 9.17) is 0 Å². The molecule has 0 radical (unpaired) electrons. The Hall–Kier alpha value is -0.440. The first-order chi connectivity index (χ1) is 4.70. The minimum absolute atomic E-state index is 0.290. The molecule has 0 bridgehead atoms. The fourth-order valence-electron chi connectivity index (χ4n) is 0.848. The quantitative estimate of drug-likeness (QED) is 0.524. The zero-order valence-electron chi connectivity index (χ0n) is 6.26. The predicted octanol–water partition coefficient (Wildman–Crippen LogP) is 0.748. The molecule has 0 aliphatic carbocycles. The normalized spacial score (nSPS) is 22.2. The minimum Gasteiger partial charge on any atom is -0.383 e. The van der Waals surface area contributed by atoms with Gasteiger partial charge in [-0.15, -0.1) is 11.8 Å². The summed E-state index contributed by atoms with van der Waals surface area (Å²) in [4.78, 5) is 12.9. The van der Waals surface area contributed by atoms with Crippen molar-refractivity contribution in [3.63, 3.8) is 0 Å². The van der Waals surface area contributed by atoms with Gasteiger partial charge >= 0.3 is 0 Å². The molecule has 1 heterocycles. The Morgan fingerprint density at radius 1 is 1.50 bits per heavy atom. The second-order valence-corrected chi connectivity index (χ2v) is 3.52. The van der Waals surface area contributed by atoms with E-state index in [0.717, 1.165) is 11.3 Å². The Morgan fingerprint density at radius 3 is 2.60 bits per heavy atom. The maximum absolute atomic E-state index is 11.0. The number of hydrogen-bond acceptors (Lipinski definition) is 3. The number of rotatable bonds is 1. The van der Waals surface area contributed by atoms with Crippen LogP contribution in [0.15, 0.2) is 11.8 Å². The van der Waals surface area contributed by atoms with Crippen LogP contribution in [0.2, 0.25) is 0 Å². The Labute approximate surface area is 65.3 Å². The van der Waals surface area contributed by atoms with E-state index < -0.39 is 0 Å². The van der Waals surface area contributed by atoms with Crippen molar-refractivity contribution in [3.05, 3.63) is 11.8 Å². The molecule has 3 heteroatoms. The van der Waals surface area contributed by atoms with Crippen molar-refractivity contribution in [1.29, 1.82) is 0 Å². The largest absolute Gasteiger partial charge is 0.383 e. The molecule has 10 heavy (non-hydrogen) atoms. The zero-order chi connectivity index (χ0) is 7.56. The molecule has 1 rings (SSSR count). The molecule has 0 N–H and O–H groups in total. The first-order valence-electron chi connectivity index (χ1n) is 3.18. The van der Waals surface area contributed by atoms with Crippen LogP contribution < -0.4 is 0 Å². The number of Topliss-reactive ketones (excluding diaryl/α,β-unsaturated/α-hetero) is 1. The molecule has 0 aromatic carbocycles. The lowest BCUT2D eigenvalue weighted by Gasteiger charge is -2.04. The van der Waals surface area contributed by atoms with Gasteiger partial charge in [0.2, 0.25) is 0 Å². The second-order valence-electron chi connectivity index (χ2n) is 2.53. The van der Waals surface area contributed by atoms with Crippen molar-refractivity contribution in [2.75, 3.05) is 25.6 Å². The van der Waals surface area contributed by atoms with Gasteiger partial charge in [-0.1, -0.05) is 0 Å². The van der Waals surface area contributed by atoms with Gasteiger partial charge in [-0.25, -0.2) is 0 Å². The van der Waals surface area contributed by atoms with Gasteiger partial charge in [0.1, 0.15) is 0 Å². The maximum Gasteiger partial charge on any atom is 0.171 e. The zero-order valence-corrected chi connectivity index (χ0v) is 7.07. The number of thioether (sulfide) groups is 1. The van der Waals surface area contributed by atoms with Crippen LogP contribution in [-0.2, 0) is 4.79 Å². The lowest BCUT2D eigenvalue weighted by molar-refractivity contribution is -0.112. The van der Waals surface area contributed by atoms with Crippen molar-refractivity contribution in [2.45, 2.75) is 0 Å². The fourth-order valence-corrected chi connectivity index (χ4v) is 1.78. The Bertz CT molecular complexity index is 174. The molecule has 56 valence electrons. The summed E-state index contributed by atoms with van der Waals surface area (Å²) < 4.78 is 0. The summed E-state index contributed by atoms with van der Waals surface area (Å²) in [6.45, 7) is 0. The number of carbonyl (C=O) groups excluding carboxylic acids is 1. The van der Waals surface area contributed by atoms with Gasteiger partial charge in [0, 0.05) is 31.6 Å². The van der Waals surface area contributed by atoms with Crippen LogP contribution in [-0.4, -0.2) is 36.3 Å². The van der Waals surface area contributed by atoms with Gasteiger partial charge in [-0.3, -0.25) is 4.79 Å². The lowest BCUT2D eigenvalue weighted by Crippen LogP contribution is -2.07. The summed E-state index contributed by atoms with van der Waals surface area (Å²) >= 11 is 1.69. The molecule has 1 aliphatic heterocycles. The van der Waals surface area contributed by atoms with Crippen molar-refractivity contribution >= 4 is 17.5 Å². The number of carbonyl (C=O) groups is 1. The molecular formula is C7H11NOS. The van der Waals surface area contributed by atoms with E-state index in [-0.39, 0.29) is 0 Å². The molecule has 0 saturated carbocycles. The summed E-state index contributed by atoms with van der Waals surface area (Å²) in [6, 6.07) is 0. The van der Waals surface area contributed by atoms with Gasteiger partial charge < -0.3 is 4.90 Å². The smallest absolute Gasteiger partial charge is 0.171 e. The predicted molar refractivity (Wildman–Crippen MR) is 44.1 cm³/mol. The molecular weight excluding hydrogens is 146 g/mol. The van der Waals surface area contributed by atoms with Crippen LogP contribution in [0.5, 0.6) is 0 Å². The summed E-state index contributed by atoms with van der Waals surface area (Å²) in [5.41, 5.74) is 0.954. The third-order valence-corrected chi connectivity index (χ3v) is 2.24. The highest BCUT2D eigenvalue weighted by Gasteiger charge is 2.16. The molecule has 1 saturated heterocycles. The van der Waals surface area contributed by atoms with E-state index in [0.29, 0.717) is 11.5 Å². The molecule has 1 fully saturated rings. The van der Waals surface area contributed by atoms with E-state index in [1.807, 2.05) is 25.2 Å². The van der Waals surface area contributed by atoms with E-state index in [1.165, 1.54) is 0 Å². The summed E-state index contributed by atoms with van der Waals surface area (Å²) in [6.07, 6.45) is 1.91. The lowest BCUT2D eigenvalue weighted by atomic mass is 10.2. The van der Waals surface area contributed by atoms with Crippen molar-refractivity contribution < 1.29 is 4.79 Å². The van der Waals surface area contributed by atoms with Gasteiger partial charge in [-0.2, -0.15) is 0 Å². The minimum atomic E-state index is 0.290. The Balaban J connectivity index is 2.62. The maximum atomic E-state index is 11.0. The first kappa shape index (κ1) is 7.66. The van der Waals surface area contributed by atoms with Crippen molar-refractivity contribution in [3.8, 4) is 0 Å². The molecule has 2 nitrogen and oxygen atoms in total. The SMILES string of the molecule is CN(C)/C=C1\CSCC1=O. The average molecular weight is 157 g/mol. The summed E-state index contributed by atoms with van der Waals surface area (Å²) in [5, 5.41) is 0. The van der Waals surface area contributed by atoms with Crippen molar-refractivity contribution in [1.82, 2.24) is 4.90 Å². The molecule has 0 aromatic rings. The van der Waals surface area contributed by atoms with Gasteiger partial charge in [0.15, 0.2) is 5.78 Å². The Morgan fingerprint density at radius 2 is 2.20 bits per heavy atom. The first-order valence-corrected chi connectivity index (χ1v) is 4.33. The molecule has 0 amide bonds. The van der Waals surface area contributed by atoms with Crippen LogP contribution in [0.3, 0.4) is 0 Å². The van der Waals surface area contributed by atoms with Gasteiger partial charge in [0.25, 0.3) is 0 Å². The van der Waals surface area contributed by atoms with Crippen molar-refractivity contribution in [2.24, 2.45) is 0 Å². The van der Waals surface area contributed by atoms with Gasteiger partial charge in [-0.05, 0) is 0 Å². The fraction of sp³-hybridized carbons (Fsp3) is 0.571. The molecule has 0 aromatic heterocycles. The van der Waals surface area contributed by atoms with Crippen LogP contribution in [0.25, 0.3) is 0 Å². The summed E-state index contributed by atoms with van der Waals surface area (Å²) in [5.74, 6) is 1.84. The van der Waals surface area contributed by atoms with Crippen LogP contribution in [0.4, 0.5) is 0 Å². The Kier molecular flexibility index (Phi) is 2.38. The molecule has 0 spiro atoms. The summed E-state index contributed by atoms with van der Waals surface area (Å²) in [7, 11) is 3.87. The standard InChI is InChI=1S/C7H11NOS/c1-8(2)3-6-4-10-5-7(6)9/h3H,4-5H2,1-2H3/b6-3+. The highest BCUT2D eigenvalue weighted by Crippen LogP contribution is 2.18. The van der Waals surface area contributed by atoms with E-state index in [2.05, 4.69) is 0 Å². The third kappa shape index (κ3) is 1.77. The van der Waals surface area contributed by atoms with Gasteiger partial charge in [0.05, 0.1) is 5.75 Å². The topological polar surface area (TPSA) is 20.3 Å². The van der Waals surface area contributed by atoms with E-state index in [1.54, 1.807) is 11.8 Å². The number of ketones is 1. The van der Waals surface area contributed by atoms with E-state index >= 15 is 0 Å². The van der Waals surface area contributed by atoms with Crippen LogP contribution >= 0.6 is 11.8 Å². The molecule has 0 unspecified atom stereocenters. The molecule has 0 atom stereocenters. The second kappa shape index (κ2) is 3.10. The number of nitrogens with zero attached hydrogens (tertiary/aromatic N) is 1. The van der Waals surface area contributed by atoms with Crippen LogP contribution in [0.1, 0.15) is 0 Å². The van der Waals surface area contributed by atoms with Crippen LogP contribution in [0, 0.1) is 0 Å². The third-order valence-electron chi connectivity index (χ3n) is 1.26.